The molecule has 45 heavy (non-hydrogen) atoms. The van der Waals surface area contributed by atoms with Crippen molar-refractivity contribution in [2.24, 2.45) is 5.41 Å². The fraction of sp³-hybridized carbons (Fsp3) is 0.367. The highest BCUT2D eigenvalue weighted by atomic mass is 32.2. The number of carbonyl (C=O) groups excluding carboxylic acids is 1. The lowest BCUT2D eigenvalue weighted by Gasteiger charge is -2.45. The first-order valence-electron chi connectivity index (χ1n) is 14.4. The molecule has 3 aromatic heterocycles. The molecule has 10 nitrogen and oxygen atoms in total. The molecule has 2 atom stereocenters. The van der Waals surface area contributed by atoms with Crippen molar-refractivity contribution in [1.82, 2.24) is 34.1 Å². The number of alkyl halides is 3. The first-order chi connectivity index (χ1) is 21.4. The van der Waals surface area contributed by atoms with Crippen LogP contribution in [0.15, 0.2) is 65.6 Å². The van der Waals surface area contributed by atoms with E-state index in [1.807, 2.05) is 6.08 Å². The molecule has 0 amide bonds. The number of halogens is 4. The third-order valence-electron chi connectivity index (χ3n) is 8.98. The summed E-state index contributed by atoms with van der Waals surface area (Å²) in [6.07, 6.45) is 3.33. The molecule has 0 saturated heterocycles. The van der Waals surface area contributed by atoms with Crippen LogP contribution in [0.1, 0.15) is 65.5 Å². The topological polar surface area (TPSA) is 116 Å². The molecular weight excluding hydrogens is 614 g/mol. The van der Waals surface area contributed by atoms with E-state index >= 15 is 0 Å². The highest BCUT2D eigenvalue weighted by Gasteiger charge is 2.51. The second-order valence-electron chi connectivity index (χ2n) is 11.8. The number of nitrogens with zero attached hydrogens (tertiary/aromatic N) is 7. The van der Waals surface area contributed by atoms with E-state index in [1.54, 1.807) is 23.0 Å². The van der Waals surface area contributed by atoms with Crippen LogP contribution in [0.4, 0.5) is 17.6 Å². The molecule has 3 aliphatic rings. The van der Waals surface area contributed by atoms with Gasteiger partial charge in [-0.15, -0.1) is 5.10 Å². The smallest absolute Gasteiger partial charge is 0.291 e. The van der Waals surface area contributed by atoms with Crippen molar-refractivity contribution in [2.75, 3.05) is 7.05 Å². The molecule has 15 heteroatoms. The van der Waals surface area contributed by atoms with Crippen LogP contribution >= 0.6 is 0 Å². The Hall–Kier alpha value is -4.24. The molecule has 0 bridgehead atoms. The molecular formula is C30H27F4N7O3S. The highest BCUT2D eigenvalue weighted by molar-refractivity contribution is 7.89. The zero-order valence-electron chi connectivity index (χ0n) is 23.9. The van der Waals surface area contributed by atoms with Crippen molar-refractivity contribution in [1.29, 1.82) is 0 Å². The predicted octanol–water partition coefficient (Wildman–Crippen LogP) is 5.03. The van der Waals surface area contributed by atoms with Gasteiger partial charge in [-0.2, -0.15) is 32.5 Å². The summed E-state index contributed by atoms with van der Waals surface area (Å²) in [5.41, 5.74) is 0.253. The van der Waals surface area contributed by atoms with Gasteiger partial charge < -0.3 is 0 Å². The fourth-order valence-corrected chi connectivity index (χ4v) is 7.56. The minimum Gasteiger partial charge on any atom is -0.291 e. The lowest BCUT2D eigenvalue weighted by atomic mass is 9.60. The second kappa shape index (κ2) is 10.4. The molecule has 7 rings (SSSR count). The normalized spacial score (nSPS) is 21.7. The van der Waals surface area contributed by atoms with Crippen LogP contribution in [0.25, 0.3) is 11.8 Å². The van der Waals surface area contributed by atoms with E-state index in [0.29, 0.717) is 41.6 Å². The number of pyridine rings is 1. The Morgan fingerprint density at radius 1 is 1.02 bits per heavy atom. The number of carbonyl (C=O) groups is 1. The molecule has 3 aliphatic carbocycles. The predicted molar refractivity (Wildman–Crippen MR) is 152 cm³/mol. The number of sulfonamides is 1. The molecule has 2 saturated carbocycles. The number of rotatable bonds is 7. The van der Waals surface area contributed by atoms with E-state index in [9.17, 15) is 30.8 Å². The molecule has 234 valence electrons. The lowest BCUT2D eigenvalue weighted by molar-refractivity contribution is -0.137. The molecule has 3 heterocycles. The van der Waals surface area contributed by atoms with Crippen LogP contribution in [0.3, 0.4) is 0 Å². The second-order valence-corrected chi connectivity index (χ2v) is 13.7. The van der Waals surface area contributed by atoms with Gasteiger partial charge in [0, 0.05) is 19.3 Å². The van der Waals surface area contributed by atoms with Gasteiger partial charge >= 0.3 is 6.18 Å². The number of Topliss-reactive ketones (excluding diaryl/α,β-unsaturated/α-hetero) is 1. The van der Waals surface area contributed by atoms with Crippen molar-refractivity contribution < 1.29 is 30.8 Å². The monoisotopic (exact) mass is 641 g/mol. The van der Waals surface area contributed by atoms with Crippen molar-refractivity contribution in [3.8, 4) is 5.69 Å². The summed E-state index contributed by atoms with van der Waals surface area (Å²) in [6.45, 7) is 0. The minimum atomic E-state index is -4.62. The molecule has 0 radical (unpaired) electrons. The van der Waals surface area contributed by atoms with Crippen LogP contribution in [0.2, 0.25) is 0 Å². The fourth-order valence-electron chi connectivity index (χ4n) is 6.33. The van der Waals surface area contributed by atoms with E-state index in [4.69, 9.17) is 0 Å². The van der Waals surface area contributed by atoms with E-state index in [0.717, 1.165) is 25.0 Å². The Labute approximate surface area is 255 Å². The standard InChI is InChI=1S/C30H27F4N7O3S/c1-39(45(43,44)27-17-37-41(38-27)23-9-10-23)24-6-2-19-12-26-18(15-36-40(26)22-7-4-21(31)5-8-22)13-29(19,14-24)28(42)25-11-3-20(16-35-25)30(32,33)34/h3-5,7-8,11-12,15-17,23-24H,2,6,9-10,13-14H2,1H3/t24-,29-/m0/s1. The maximum absolute atomic E-state index is 14.4. The first kappa shape index (κ1) is 29.5. The lowest BCUT2D eigenvalue weighted by Crippen LogP contribution is -2.49. The number of benzene rings is 1. The maximum Gasteiger partial charge on any atom is 0.417 e. The summed E-state index contributed by atoms with van der Waals surface area (Å²) >= 11 is 0. The number of aromatic nitrogens is 6. The zero-order chi connectivity index (χ0) is 31.7. The molecule has 4 aromatic rings. The first-order valence-corrected chi connectivity index (χ1v) is 15.8. The van der Waals surface area contributed by atoms with Gasteiger partial charge in [0.1, 0.15) is 11.5 Å². The summed E-state index contributed by atoms with van der Waals surface area (Å²) in [7, 11) is -2.63. The minimum absolute atomic E-state index is 0.0635. The van der Waals surface area contributed by atoms with Gasteiger partial charge in [0.15, 0.2) is 5.78 Å². The Morgan fingerprint density at radius 3 is 2.44 bits per heavy atom. The van der Waals surface area contributed by atoms with E-state index in [-0.39, 0.29) is 29.6 Å². The highest BCUT2D eigenvalue weighted by Crippen LogP contribution is 2.51. The van der Waals surface area contributed by atoms with Gasteiger partial charge in [-0.05, 0) is 86.6 Å². The molecule has 2 fully saturated rings. The summed E-state index contributed by atoms with van der Waals surface area (Å²) < 4.78 is 83.6. The van der Waals surface area contributed by atoms with Crippen molar-refractivity contribution in [3.63, 3.8) is 0 Å². The van der Waals surface area contributed by atoms with E-state index in [2.05, 4.69) is 20.3 Å². The average Bonchev–Trinajstić information content (AvgIpc) is 3.60. The summed E-state index contributed by atoms with van der Waals surface area (Å²) in [5, 5.41) is 12.6. The van der Waals surface area contributed by atoms with Gasteiger partial charge in [0.05, 0.1) is 40.8 Å². The largest absolute Gasteiger partial charge is 0.417 e. The molecule has 0 aliphatic heterocycles. The molecule has 0 unspecified atom stereocenters. The molecule has 0 N–H and O–H groups in total. The van der Waals surface area contributed by atoms with Gasteiger partial charge in [0.2, 0.25) is 5.03 Å². The van der Waals surface area contributed by atoms with Crippen LogP contribution in [0.5, 0.6) is 0 Å². The molecule has 0 spiro atoms. The SMILES string of the molecule is CN([C@H]1CCC2=Cc3c(cnn3-c3ccc(F)cc3)C[C@]2(C(=O)c2ccc(C(F)(F)F)cn2)C1)S(=O)(=O)c1cnn(C2CC2)n1. The van der Waals surface area contributed by atoms with Crippen LogP contribution < -0.4 is 0 Å². The number of hydrogen-bond acceptors (Lipinski definition) is 7. The van der Waals surface area contributed by atoms with E-state index < -0.39 is 44.8 Å². The zero-order valence-corrected chi connectivity index (χ0v) is 24.8. The van der Waals surface area contributed by atoms with Crippen molar-refractivity contribution in [2.45, 2.75) is 61.8 Å². The summed E-state index contributed by atoms with van der Waals surface area (Å²) in [4.78, 5) is 19.7. The van der Waals surface area contributed by atoms with Crippen LogP contribution in [-0.2, 0) is 22.6 Å². The summed E-state index contributed by atoms with van der Waals surface area (Å²) in [5.74, 6) is -0.905. The van der Waals surface area contributed by atoms with Gasteiger partial charge in [-0.3, -0.25) is 9.78 Å². The average molecular weight is 642 g/mol. The summed E-state index contributed by atoms with van der Waals surface area (Å²) in [6, 6.07) is 7.13. The van der Waals surface area contributed by atoms with Gasteiger partial charge in [-0.25, -0.2) is 17.5 Å². The Morgan fingerprint density at radius 2 is 1.78 bits per heavy atom. The van der Waals surface area contributed by atoms with Crippen LogP contribution in [-0.4, -0.2) is 61.4 Å². The van der Waals surface area contributed by atoms with E-state index in [1.165, 1.54) is 34.5 Å². The number of ketones is 1. The van der Waals surface area contributed by atoms with Gasteiger partial charge in [-0.1, -0.05) is 5.57 Å². The third kappa shape index (κ3) is 5.07. The third-order valence-corrected chi connectivity index (χ3v) is 10.8. The Bertz CT molecular complexity index is 1930. The van der Waals surface area contributed by atoms with Gasteiger partial charge in [0.25, 0.3) is 10.0 Å². The number of fused-ring (bicyclic) bond motifs is 2. The quantitative estimate of drug-likeness (QED) is 0.205. The van der Waals surface area contributed by atoms with Crippen molar-refractivity contribution >= 4 is 21.9 Å². The van der Waals surface area contributed by atoms with Crippen LogP contribution in [0, 0.1) is 11.2 Å². The number of hydrogen-bond donors (Lipinski definition) is 0. The Balaban J connectivity index is 1.27. The molecule has 1 aromatic carbocycles. The van der Waals surface area contributed by atoms with Crippen molar-refractivity contribution in [3.05, 3.63) is 88.9 Å². The Kier molecular flexibility index (Phi) is 6.82. The number of allylic oxidation sites excluding steroid dienone is 1. The maximum atomic E-state index is 14.4.